The summed E-state index contributed by atoms with van der Waals surface area (Å²) >= 11 is 0. The quantitative estimate of drug-likeness (QED) is 0.823. The van der Waals surface area contributed by atoms with E-state index in [1.165, 1.54) is 24.1 Å². The summed E-state index contributed by atoms with van der Waals surface area (Å²) in [6.07, 6.45) is 5.75. The fraction of sp³-hybridized carbons (Fsp3) is 0.667. The molecule has 1 aliphatic rings. The third-order valence-electron chi connectivity index (χ3n) is 2.89. The van der Waals surface area contributed by atoms with Gasteiger partial charge in [-0.1, -0.05) is 6.92 Å². The number of hydrogen-bond donors (Lipinski definition) is 1. The first-order chi connectivity index (χ1) is 7.35. The lowest BCUT2D eigenvalue weighted by molar-refractivity contribution is 0.656. The molecule has 3 nitrogen and oxygen atoms in total. The summed E-state index contributed by atoms with van der Waals surface area (Å²) in [7, 11) is 0. The molecule has 15 heavy (non-hydrogen) atoms. The van der Waals surface area contributed by atoms with Gasteiger partial charge in [-0.15, -0.1) is 0 Å². The van der Waals surface area contributed by atoms with Gasteiger partial charge in [0.05, 0.1) is 0 Å². The lowest BCUT2D eigenvalue weighted by Gasteiger charge is -2.19. The smallest absolute Gasteiger partial charge is 0.133 e. The summed E-state index contributed by atoms with van der Waals surface area (Å²) in [5.41, 5.74) is 2.64. The minimum atomic E-state index is 0.922. The summed E-state index contributed by atoms with van der Waals surface area (Å²) in [4.78, 5) is 9.20. The van der Waals surface area contributed by atoms with Crippen LogP contribution >= 0.6 is 0 Å². The average molecular weight is 205 g/mol. The van der Waals surface area contributed by atoms with Gasteiger partial charge in [-0.25, -0.2) is 9.97 Å². The molecule has 1 N–H and O–H groups in total. The summed E-state index contributed by atoms with van der Waals surface area (Å²) in [6.45, 7) is 5.16. The van der Waals surface area contributed by atoms with Crippen molar-refractivity contribution in [2.75, 3.05) is 11.9 Å². The van der Waals surface area contributed by atoms with Crippen molar-refractivity contribution in [3.05, 3.63) is 17.1 Å². The van der Waals surface area contributed by atoms with E-state index in [-0.39, 0.29) is 0 Å². The molecule has 1 aromatic rings. The van der Waals surface area contributed by atoms with Gasteiger partial charge in [0.1, 0.15) is 11.6 Å². The SMILES string of the molecule is CCNc1nc(CC)nc2c1CCCC2. The van der Waals surface area contributed by atoms with Crippen LogP contribution in [0.15, 0.2) is 0 Å². The highest BCUT2D eigenvalue weighted by Gasteiger charge is 2.16. The van der Waals surface area contributed by atoms with E-state index in [1.54, 1.807) is 0 Å². The normalized spacial score (nSPS) is 14.8. The molecule has 0 saturated carbocycles. The van der Waals surface area contributed by atoms with Crippen LogP contribution in [-0.4, -0.2) is 16.5 Å². The number of anilines is 1. The van der Waals surface area contributed by atoms with E-state index in [2.05, 4.69) is 29.1 Å². The average Bonchev–Trinajstić information content (AvgIpc) is 2.29. The zero-order valence-electron chi connectivity index (χ0n) is 9.64. The standard InChI is InChI=1S/C12H19N3/c1-3-11-14-10-8-6-5-7-9(10)12(15-11)13-4-2/h3-8H2,1-2H3,(H,13,14,15). The van der Waals surface area contributed by atoms with E-state index in [1.807, 2.05) is 0 Å². The zero-order chi connectivity index (χ0) is 10.7. The molecule has 3 heteroatoms. The van der Waals surface area contributed by atoms with Gasteiger partial charge in [0, 0.05) is 24.2 Å². The monoisotopic (exact) mass is 205 g/mol. The predicted molar refractivity (Wildman–Crippen MR) is 62.2 cm³/mol. The number of hydrogen-bond acceptors (Lipinski definition) is 3. The highest BCUT2D eigenvalue weighted by Crippen LogP contribution is 2.25. The summed E-state index contributed by atoms with van der Waals surface area (Å²) in [5, 5.41) is 3.36. The number of fused-ring (bicyclic) bond motifs is 1. The molecular formula is C12H19N3. The van der Waals surface area contributed by atoms with Crippen LogP contribution in [0.2, 0.25) is 0 Å². The summed E-state index contributed by atoms with van der Waals surface area (Å²) in [5.74, 6) is 2.06. The second-order valence-corrected chi connectivity index (χ2v) is 4.00. The number of nitrogens with zero attached hydrogens (tertiary/aromatic N) is 2. The van der Waals surface area contributed by atoms with Gasteiger partial charge < -0.3 is 5.32 Å². The van der Waals surface area contributed by atoms with Crippen molar-refractivity contribution in [1.82, 2.24) is 9.97 Å². The molecule has 0 amide bonds. The summed E-state index contributed by atoms with van der Waals surface area (Å²) < 4.78 is 0. The molecule has 1 heterocycles. The maximum Gasteiger partial charge on any atom is 0.133 e. The van der Waals surface area contributed by atoms with Crippen molar-refractivity contribution in [2.24, 2.45) is 0 Å². The Labute approximate surface area is 91.3 Å². The molecule has 0 spiro atoms. The maximum absolute atomic E-state index is 4.62. The molecule has 0 aromatic carbocycles. The largest absolute Gasteiger partial charge is 0.370 e. The Balaban J connectivity index is 2.41. The van der Waals surface area contributed by atoms with Crippen LogP contribution in [0.1, 0.15) is 43.8 Å². The molecule has 0 radical (unpaired) electrons. The van der Waals surface area contributed by atoms with Gasteiger partial charge in [0.2, 0.25) is 0 Å². The van der Waals surface area contributed by atoms with E-state index in [0.717, 1.165) is 37.4 Å². The Hall–Kier alpha value is -1.12. The Kier molecular flexibility index (Phi) is 3.19. The van der Waals surface area contributed by atoms with Crippen LogP contribution in [-0.2, 0) is 19.3 Å². The van der Waals surface area contributed by atoms with Crippen molar-refractivity contribution in [3.8, 4) is 0 Å². The van der Waals surface area contributed by atoms with Crippen molar-refractivity contribution >= 4 is 5.82 Å². The lowest BCUT2D eigenvalue weighted by Crippen LogP contribution is -2.14. The van der Waals surface area contributed by atoms with Crippen molar-refractivity contribution in [2.45, 2.75) is 46.0 Å². The van der Waals surface area contributed by atoms with Crippen molar-refractivity contribution < 1.29 is 0 Å². The first-order valence-electron chi connectivity index (χ1n) is 5.97. The van der Waals surface area contributed by atoms with Gasteiger partial charge in [-0.05, 0) is 32.6 Å². The van der Waals surface area contributed by atoms with Gasteiger partial charge in [0.25, 0.3) is 0 Å². The number of aromatic nitrogens is 2. The summed E-state index contributed by atoms with van der Waals surface area (Å²) in [6, 6.07) is 0. The van der Waals surface area contributed by atoms with Gasteiger partial charge in [-0.2, -0.15) is 0 Å². The molecule has 0 saturated heterocycles. The molecule has 0 aliphatic heterocycles. The third-order valence-corrected chi connectivity index (χ3v) is 2.89. The van der Waals surface area contributed by atoms with Gasteiger partial charge in [0.15, 0.2) is 0 Å². The van der Waals surface area contributed by atoms with Crippen molar-refractivity contribution in [3.63, 3.8) is 0 Å². The van der Waals surface area contributed by atoms with Crippen LogP contribution in [0, 0.1) is 0 Å². The molecule has 82 valence electrons. The van der Waals surface area contributed by atoms with E-state index in [0.29, 0.717) is 0 Å². The van der Waals surface area contributed by atoms with Crippen LogP contribution in [0.5, 0.6) is 0 Å². The van der Waals surface area contributed by atoms with Crippen LogP contribution in [0.4, 0.5) is 5.82 Å². The van der Waals surface area contributed by atoms with E-state index >= 15 is 0 Å². The second-order valence-electron chi connectivity index (χ2n) is 4.00. The highest BCUT2D eigenvalue weighted by molar-refractivity contribution is 5.47. The first kappa shape index (κ1) is 10.4. The number of nitrogens with one attached hydrogen (secondary N) is 1. The Morgan fingerprint density at radius 3 is 2.67 bits per heavy atom. The molecule has 0 fully saturated rings. The highest BCUT2D eigenvalue weighted by atomic mass is 15.0. The second kappa shape index (κ2) is 4.60. The Bertz CT molecular complexity index is 347. The molecule has 2 rings (SSSR count). The lowest BCUT2D eigenvalue weighted by atomic mass is 9.96. The van der Waals surface area contributed by atoms with Crippen LogP contribution in [0.3, 0.4) is 0 Å². The predicted octanol–water partition coefficient (Wildman–Crippen LogP) is 2.35. The maximum atomic E-state index is 4.62. The van der Waals surface area contributed by atoms with Gasteiger partial charge >= 0.3 is 0 Å². The third kappa shape index (κ3) is 2.11. The molecule has 0 unspecified atom stereocenters. The van der Waals surface area contributed by atoms with E-state index < -0.39 is 0 Å². The number of rotatable bonds is 3. The Morgan fingerprint density at radius 1 is 1.13 bits per heavy atom. The molecular weight excluding hydrogens is 186 g/mol. The molecule has 1 aliphatic carbocycles. The minimum absolute atomic E-state index is 0.922. The minimum Gasteiger partial charge on any atom is -0.370 e. The molecule has 1 aromatic heterocycles. The van der Waals surface area contributed by atoms with E-state index in [9.17, 15) is 0 Å². The first-order valence-corrected chi connectivity index (χ1v) is 5.97. The molecule has 0 atom stereocenters. The van der Waals surface area contributed by atoms with Gasteiger partial charge in [-0.3, -0.25) is 0 Å². The number of aryl methyl sites for hydroxylation is 2. The van der Waals surface area contributed by atoms with Crippen LogP contribution in [0.25, 0.3) is 0 Å². The van der Waals surface area contributed by atoms with Crippen LogP contribution < -0.4 is 5.32 Å². The molecule has 0 bridgehead atoms. The fourth-order valence-corrected chi connectivity index (χ4v) is 2.12. The van der Waals surface area contributed by atoms with E-state index in [4.69, 9.17) is 0 Å². The zero-order valence-corrected chi connectivity index (χ0v) is 9.64. The topological polar surface area (TPSA) is 37.8 Å². The fourth-order valence-electron chi connectivity index (χ4n) is 2.12. The van der Waals surface area contributed by atoms with Crippen molar-refractivity contribution in [1.29, 1.82) is 0 Å². The Morgan fingerprint density at radius 2 is 1.93 bits per heavy atom.